The van der Waals surface area contributed by atoms with Gasteiger partial charge in [0.05, 0.1) is 22.1 Å². The highest BCUT2D eigenvalue weighted by molar-refractivity contribution is 7.88. The summed E-state index contributed by atoms with van der Waals surface area (Å²) in [6, 6.07) is 10.4. The molecule has 4 heterocycles. The van der Waals surface area contributed by atoms with E-state index < -0.39 is 37.6 Å². The Labute approximate surface area is 240 Å². The fraction of sp³-hybridized carbons (Fsp3) is 0.407. The second-order valence-electron chi connectivity index (χ2n) is 10.4. The number of thiophene rings is 1. The Morgan fingerprint density at radius 3 is 2.45 bits per heavy atom. The van der Waals surface area contributed by atoms with Gasteiger partial charge in [0.15, 0.2) is 10.3 Å². The number of carbonyl (C=O) groups is 1. The number of likely N-dealkylation sites (tertiary alicyclic amines) is 1. The Kier molecular flexibility index (Phi) is 7.66. The maximum Gasteiger partial charge on any atom is 0.416 e. The molecule has 2 saturated heterocycles. The van der Waals surface area contributed by atoms with Crippen molar-refractivity contribution in [2.45, 2.75) is 61.6 Å². The molecule has 0 saturated carbocycles. The molecule has 3 aromatic rings. The van der Waals surface area contributed by atoms with E-state index in [0.717, 1.165) is 42.9 Å². The molecule has 1 amide bonds. The Balaban J connectivity index is 1.64. The van der Waals surface area contributed by atoms with E-state index in [4.69, 9.17) is 22.3 Å². The first-order chi connectivity index (χ1) is 18.8. The normalized spacial score (nSPS) is 23.6. The molecule has 2 N–H and O–H groups in total. The third-order valence-electron chi connectivity index (χ3n) is 7.87. The van der Waals surface area contributed by atoms with Crippen LogP contribution in [0.3, 0.4) is 0 Å². The molecule has 40 heavy (non-hydrogen) atoms. The van der Waals surface area contributed by atoms with Crippen molar-refractivity contribution in [3.05, 3.63) is 64.0 Å². The van der Waals surface area contributed by atoms with E-state index in [1.165, 1.54) is 24.3 Å². The zero-order valence-corrected chi connectivity index (χ0v) is 24.1. The Morgan fingerprint density at radius 1 is 1.15 bits per heavy atom. The predicted molar refractivity (Wildman–Crippen MR) is 148 cm³/mol. The smallest absolute Gasteiger partial charge is 0.364 e. The van der Waals surface area contributed by atoms with Gasteiger partial charge >= 0.3 is 16.2 Å². The largest absolute Gasteiger partial charge is 0.416 e. The third-order valence-corrected chi connectivity index (χ3v) is 11.9. The van der Waals surface area contributed by atoms with E-state index in [9.17, 15) is 26.4 Å². The number of nitrogens with zero attached hydrogens (tertiary/aromatic N) is 3. The van der Waals surface area contributed by atoms with Crippen LogP contribution in [0.25, 0.3) is 11.3 Å². The van der Waals surface area contributed by atoms with Gasteiger partial charge in [-0.15, -0.1) is 11.3 Å². The highest BCUT2D eigenvalue weighted by atomic mass is 35.5. The van der Waals surface area contributed by atoms with Crippen molar-refractivity contribution in [2.75, 3.05) is 18.0 Å². The second kappa shape index (κ2) is 10.6. The molecule has 214 valence electrons. The summed E-state index contributed by atoms with van der Waals surface area (Å²) in [5.41, 5.74) is 6.48. The SMILES string of the molecule is CC1CCCN1c1cc(C[N+]2(S(=O)(=O)c3ccc(Cl)s3)CCC[C@H]2C(N)=O)cc(-c2ccc(C(F)(F)F)cc2)n1. The van der Waals surface area contributed by atoms with Crippen molar-refractivity contribution in [1.29, 1.82) is 0 Å². The third kappa shape index (κ3) is 5.22. The molecule has 3 atom stereocenters. The van der Waals surface area contributed by atoms with E-state index in [0.29, 0.717) is 39.8 Å². The lowest BCUT2D eigenvalue weighted by Gasteiger charge is -2.36. The molecule has 0 aliphatic carbocycles. The average molecular weight is 614 g/mol. The number of rotatable bonds is 7. The minimum Gasteiger partial charge on any atom is -0.364 e. The van der Waals surface area contributed by atoms with Gasteiger partial charge in [-0.1, -0.05) is 23.7 Å². The minimum absolute atomic E-state index is 0.0519. The molecule has 2 fully saturated rings. The quantitative estimate of drug-likeness (QED) is 0.339. The predicted octanol–water partition coefficient (Wildman–Crippen LogP) is 5.82. The van der Waals surface area contributed by atoms with Gasteiger partial charge in [0, 0.05) is 36.6 Å². The number of sulfonamides is 1. The summed E-state index contributed by atoms with van der Waals surface area (Å²) in [5.74, 6) is -0.0870. The van der Waals surface area contributed by atoms with E-state index in [2.05, 4.69) is 11.8 Å². The van der Waals surface area contributed by atoms with Crippen LogP contribution in [0.15, 0.2) is 52.7 Å². The van der Waals surface area contributed by atoms with Crippen LogP contribution in [0.4, 0.5) is 19.0 Å². The Hall–Kier alpha value is -2.67. The molecule has 2 unspecified atom stereocenters. The molecule has 2 aliphatic heterocycles. The maximum atomic E-state index is 14.2. The number of pyridine rings is 1. The number of hydrogen-bond donors (Lipinski definition) is 1. The average Bonchev–Trinajstić information content (AvgIpc) is 3.64. The molecule has 2 aliphatic rings. The van der Waals surface area contributed by atoms with Crippen molar-refractivity contribution >= 4 is 44.7 Å². The van der Waals surface area contributed by atoms with Crippen molar-refractivity contribution in [3.8, 4) is 11.3 Å². The second-order valence-corrected chi connectivity index (χ2v) is 14.5. The standard InChI is InChI=1S/C27H28ClF3N4O3S2/c1-17-4-2-12-34(17)24-15-18(14-21(33-24)19-6-8-20(9-7-19)27(29,30)31)16-35(13-3-5-22(35)26(32)36)40(37,38)25-11-10-23(28)39-25/h6-11,14-15,17,22H,2-5,12-13,16H2,1H3,(H-,32,36)/p+1/t17?,22-,35?/m0/s1. The summed E-state index contributed by atoms with van der Waals surface area (Å²) in [4.78, 5) is 19.5. The Morgan fingerprint density at radius 2 is 1.88 bits per heavy atom. The lowest BCUT2D eigenvalue weighted by Crippen LogP contribution is -2.59. The lowest BCUT2D eigenvalue weighted by atomic mass is 10.1. The fourth-order valence-corrected chi connectivity index (χ4v) is 9.75. The summed E-state index contributed by atoms with van der Waals surface area (Å²) < 4.78 is 67.7. The first kappa shape index (κ1) is 28.8. The highest BCUT2D eigenvalue weighted by Gasteiger charge is 2.55. The molecule has 0 radical (unpaired) electrons. The molecular weight excluding hydrogens is 585 g/mol. The fourth-order valence-electron chi connectivity index (χ4n) is 5.86. The number of anilines is 1. The molecular formula is C27H29ClF3N4O3S2+. The topological polar surface area (TPSA) is 93.4 Å². The van der Waals surface area contributed by atoms with Gasteiger partial charge in [-0.05, 0) is 56.2 Å². The zero-order valence-electron chi connectivity index (χ0n) is 21.7. The van der Waals surface area contributed by atoms with Crippen molar-refractivity contribution in [1.82, 2.24) is 4.98 Å². The van der Waals surface area contributed by atoms with Gasteiger partial charge in [0.2, 0.25) is 0 Å². The first-order valence-electron chi connectivity index (χ1n) is 12.9. The van der Waals surface area contributed by atoms with Gasteiger partial charge in [0.25, 0.3) is 5.91 Å². The van der Waals surface area contributed by atoms with Gasteiger partial charge in [-0.3, -0.25) is 4.79 Å². The molecule has 1 aromatic carbocycles. The van der Waals surface area contributed by atoms with E-state index in [1.807, 2.05) is 6.07 Å². The highest BCUT2D eigenvalue weighted by Crippen LogP contribution is 2.42. The number of halogens is 4. The summed E-state index contributed by atoms with van der Waals surface area (Å²) in [6.45, 7) is 2.94. The van der Waals surface area contributed by atoms with Crippen LogP contribution in [0.1, 0.15) is 43.7 Å². The zero-order chi connectivity index (χ0) is 28.9. The number of nitrogens with two attached hydrogens (primary N) is 1. The van der Waals surface area contributed by atoms with Crippen LogP contribution in [0, 0.1) is 0 Å². The summed E-state index contributed by atoms with van der Waals surface area (Å²) in [7, 11) is -4.10. The van der Waals surface area contributed by atoms with Crippen LogP contribution in [0.5, 0.6) is 0 Å². The van der Waals surface area contributed by atoms with Gasteiger partial charge in [-0.25, -0.2) is 4.98 Å². The minimum atomic E-state index is -4.47. The number of primary amides is 1. The number of aromatic nitrogens is 1. The first-order valence-corrected chi connectivity index (χ1v) is 15.6. The number of carbonyl (C=O) groups excluding carboxylic acids is 1. The van der Waals surface area contributed by atoms with Gasteiger partial charge < -0.3 is 10.6 Å². The molecule has 2 aromatic heterocycles. The van der Waals surface area contributed by atoms with Crippen LogP contribution >= 0.6 is 22.9 Å². The molecule has 7 nitrogen and oxygen atoms in total. The van der Waals surface area contributed by atoms with Crippen LogP contribution in [0.2, 0.25) is 4.34 Å². The monoisotopic (exact) mass is 613 g/mol. The van der Waals surface area contributed by atoms with Crippen molar-refractivity contribution in [2.24, 2.45) is 5.73 Å². The number of hydrogen-bond acceptors (Lipinski definition) is 6. The van der Waals surface area contributed by atoms with E-state index in [1.54, 1.807) is 6.07 Å². The Bertz CT molecular complexity index is 1530. The molecule has 0 spiro atoms. The number of quaternary nitrogens is 1. The van der Waals surface area contributed by atoms with Crippen molar-refractivity contribution in [3.63, 3.8) is 0 Å². The van der Waals surface area contributed by atoms with E-state index >= 15 is 0 Å². The summed E-state index contributed by atoms with van der Waals surface area (Å²) in [5, 5.41) is 0. The van der Waals surface area contributed by atoms with Crippen molar-refractivity contribution < 1.29 is 30.3 Å². The number of benzene rings is 1. The van der Waals surface area contributed by atoms with Crippen LogP contribution in [-0.2, 0) is 27.5 Å². The lowest BCUT2D eigenvalue weighted by molar-refractivity contribution is -0.823. The molecule has 13 heteroatoms. The number of amides is 1. The summed E-state index contributed by atoms with van der Waals surface area (Å²) >= 11 is 7.01. The van der Waals surface area contributed by atoms with E-state index in [-0.39, 0.29) is 23.3 Å². The number of alkyl halides is 3. The maximum absolute atomic E-state index is 14.2. The van der Waals surface area contributed by atoms with Crippen LogP contribution < -0.4 is 10.6 Å². The molecule has 5 rings (SSSR count). The van der Waals surface area contributed by atoms with Gasteiger partial charge in [0.1, 0.15) is 12.4 Å². The van der Waals surface area contributed by atoms with Gasteiger partial charge in [-0.2, -0.15) is 25.5 Å². The summed E-state index contributed by atoms with van der Waals surface area (Å²) in [6.07, 6.45) is -1.75. The molecule has 0 bridgehead atoms. The van der Waals surface area contributed by atoms with Crippen LogP contribution in [-0.4, -0.2) is 48.4 Å².